The van der Waals surface area contributed by atoms with Crippen LogP contribution >= 0.6 is 0 Å². The van der Waals surface area contributed by atoms with Crippen LogP contribution in [0.4, 0.5) is 0 Å². The number of carbonyl (C=O) groups is 1. The minimum absolute atomic E-state index is 0.264. The van der Waals surface area contributed by atoms with Crippen molar-refractivity contribution in [2.75, 3.05) is 26.2 Å². The van der Waals surface area contributed by atoms with Crippen LogP contribution in [0, 0.1) is 0 Å². The van der Waals surface area contributed by atoms with E-state index in [4.69, 9.17) is 10.5 Å². The highest BCUT2D eigenvalue weighted by molar-refractivity contribution is 5.75. The standard InChI is InChI=1S/C16H25N3O2/c1-2-21-15-5-3-13(4-6-15)11-19(12-16(17)20)14-7-9-18-10-8-14/h3-6,14,18H,2,7-12H2,1H3,(H2,17,20). The lowest BCUT2D eigenvalue weighted by Crippen LogP contribution is -2.46. The van der Waals surface area contributed by atoms with Gasteiger partial charge in [-0.05, 0) is 50.6 Å². The Labute approximate surface area is 126 Å². The predicted octanol–water partition coefficient (Wildman–Crippen LogP) is 1.12. The van der Waals surface area contributed by atoms with Gasteiger partial charge >= 0.3 is 0 Å². The van der Waals surface area contributed by atoms with Crippen molar-refractivity contribution in [3.63, 3.8) is 0 Å². The Morgan fingerprint density at radius 1 is 1.33 bits per heavy atom. The third-order valence-electron chi connectivity index (χ3n) is 3.80. The summed E-state index contributed by atoms with van der Waals surface area (Å²) in [4.78, 5) is 13.5. The SMILES string of the molecule is CCOc1ccc(CN(CC(N)=O)C2CCNCC2)cc1. The van der Waals surface area contributed by atoms with Gasteiger partial charge in [-0.25, -0.2) is 0 Å². The molecule has 1 aliphatic heterocycles. The van der Waals surface area contributed by atoms with Crippen LogP contribution < -0.4 is 15.8 Å². The highest BCUT2D eigenvalue weighted by Crippen LogP contribution is 2.18. The molecule has 1 saturated heterocycles. The number of benzene rings is 1. The second-order valence-corrected chi connectivity index (χ2v) is 5.43. The summed E-state index contributed by atoms with van der Waals surface area (Å²) in [6.45, 7) is 5.71. The van der Waals surface area contributed by atoms with Crippen molar-refractivity contribution in [1.29, 1.82) is 0 Å². The van der Waals surface area contributed by atoms with Gasteiger partial charge in [0.2, 0.25) is 5.91 Å². The zero-order valence-corrected chi connectivity index (χ0v) is 12.7. The lowest BCUT2D eigenvalue weighted by molar-refractivity contribution is -0.120. The molecule has 1 heterocycles. The van der Waals surface area contributed by atoms with E-state index in [0.29, 0.717) is 19.2 Å². The Balaban J connectivity index is 2.01. The molecule has 116 valence electrons. The molecule has 1 fully saturated rings. The third kappa shape index (κ3) is 5.02. The molecule has 0 spiro atoms. The van der Waals surface area contributed by atoms with Gasteiger partial charge in [-0.1, -0.05) is 12.1 Å². The van der Waals surface area contributed by atoms with Crippen molar-refractivity contribution in [2.24, 2.45) is 5.73 Å². The maximum Gasteiger partial charge on any atom is 0.231 e. The van der Waals surface area contributed by atoms with Gasteiger partial charge in [0.05, 0.1) is 13.2 Å². The molecule has 0 unspecified atom stereocenters. The average molecular weight is 291 g/mol. The normalized spacial score (nSPS) is 16.1. The first-order valence-electron chi connectivity index (χ1n) is 7.64. The molecule has 1 aliphatic rings. The number of rotatable bonds is 7. The first-order chi connectivity index (χ1) is 10.2. The molecule has 0 atom stereocenters. The number of primary amides is 1. The molecule has 1 aromatic carbocycles. The van der Waals surface area contributed by atoms with Crippen LogP contribution in [0.3, 0.4) is 0 Å². The third-order valence-corrected chi connectivity index (χ3v) is 3.80. The molecule has 0 radical (unpaired) electrons. The van der Waals surface area contributed by atoms with Gasteiger partial charge in [-0.3, -0.25) is 9.69 Å². The van der Waals surface area contributed by atoms with E-state index in [-0.39, 0.29) is 5.91 Å². The molecule has 0 bridgehead atoms. The van der Waals surface area contributed by atoms with Gasteiger partial charge in [-0.15, -0.1) is 0 Å². The number of amides is 1. The monoisotopic (exact) mass is 291 g/mol. The van der Waals surface area contributed by atoms with Gasteiger partial charge in [0, 0.05) is 12.6 Å². The van der Waals surface area contributed by atoms with Crippen LogP contribution in [0.5, 0.6) is 5.75 Å². The van der Waals surface area contributed by atoms with E-state index in [0.717, 1.165) is 38.2 Å². The van der Waals surface area contributed by atoms with Crippen molar-refractivity contribution in [2.45, 2.75) is 32.4 Å². The van der Waals surface area contributed by atoms with E-state index in [1.807, 2.05) is 19.1 Å². The number of ether oxygens (including phenoxy) is 1. The molecule has 5 heteroatoms. The number of nitrogens with one attached hydrogen (secondary N) is 1. The first kappa shape index (κ1) is 15.8. The zero-order valence-electron chi connectivity index (χ0n) is 12.7. The second-order valence-electron chi connectivity index (χ2n) is 5.43. The molecule has 0 aliphatic carbocycles. The molecule has 0 saturated carbocycles. The van der Waals surface area contributed by atoms with Crippen LogP contribution in [-0.4, -0.2) is 43.1 Å². The van der Waals surface area contributed by atoms with Crippen LogP contribution in [0.25, 0.3) is 0 Å². The fourth-order valence-corrected chi connectivity index (χ4v) is 2.78. The number of carbonyl (C=O) groups excluding carboxylic acids is 1. The summed E-state index contributed by atoms with van der Waals surface area (Å²) in [6.07, 6.45) is 2.12. The number of nitrogens with two attached hydrogens (primary N) is 1. The minimum Gasteiger partial charge on any atom is -0.494 e. The second kappa shape index (κ2) is 8.00. The molecular formula is C16H25N3O2. The Morgan fingerprint density at radius 2 is 2.00 bits per heavy atom. The van der Waals surface area contributed by atoms with Crippen LogP contribution in [-0.2, 0) is 11.3 Å². The van der Waals surface area contributed by atoms with Crippen molar-refractivity contribution in [3.05, 3.63) is 29.8 Å². The average Bonchev–Trinajstić information content (AvgIpc) is 2.49. The molecule has 2 rings (SSSR count). The van der Waals surface area contributed by atoms with Crippen LogP contribution in [0.1, 0.15) is 25.3 Å². The molecule has 21 heavy (non-hydrogen) atoms. The topological polar surface area (TPSA) is 67.6 Å². The predicted molar refractivity (Wildman–Crippen MR) is 83.1 cm³/mol. The van der Waals surface area contributed by atoms with Gasteiger partial charge in [0.1, 0.15) is 5.75 Å². The van der Waals surface area contributed by atoms with Crippen molar-refractivity contribution in [3.8, 4) is 5.75 Å². The fourth-order valence-electron chi connectivity index (χ4n) is 2.78. The Kier molecular flexibility index (Phi) is 6.02. The lowest BCUT2D eigenvalue weighted by atomic mass is 10.0. The molecule has 5 nitrogen and oxygen atoms in total. The number of nitrogens with zero attached hydrogens (tertiary/aromatic N) is 1. The maximum atomic E-state index is 11.3. The van der Waals surface area contributed by atoms with Crippen molar-refractivity contribution in [1.82, 2.24) is 10.2 Å². The van der Waals surface area contributed by atoms with Crippen LogP contribution in [0.15, 0.2) is 24.3 Å². The summed E-state index contributed by atoms with van der Waals surface area (Å²) in [5.74, 6) is 0.615. The number of piperidine rings is 1. The van der Waals surface area contributed by atoms with Gasteiger partial charge < -0.3 is 15.8 Å². The summed E-state index contributed by atoms with van der Waals surface area (Å²) < 4.78 is 5.45. The quantitative estimate of drug-likeness (QED) is 0.790. The van der Waals surface area contributed by atoms with E-state index < -0.39 is 0 Å². The van der Waals surface area contributed by atoms with Gasteiger partial charge in [0.25, 0.3) is 0 Å². The Hall–Kier alpha value is -1.59. The molecule has 1 aromatic rings. The van der Waals surface area contributed by atoms with Crippen LogP contribution in [0.2, 0.25) is 0 Å². The van der Waals surface area contributed by atoms with Crippen molar-refractivity contribution < 1.29 is 9.53 Å². The summed E-state index contributed by atoms with van der Waals surface area (Å²) in [6, 6.07) is 8.48. The summed E-state index contributed by atoms with van der Waals surface area (Å²) >= 11 is 0. The number of hydrogen-bond donors (Lipinski definition) is 2. The number of hydrogen-bond acceptors (Lipinski definition) is 4. The summed E-state index contributed by atoms with van der Waals surface area (Å²) in [5.41, 5.74) is 6.58. The Morgan fingerprint density at radius 3 is 2.57 bits per heavy atom. The smallest absolute Gasteiger partial charge is 0.231 e. The molecule has 3 N–H and O–H groups in total. The largest absolute Gasteiger partial charge is 0.494 e. The highest BCUT2D eigenvalue weighted by atomic mass is 16.5. The maximum absolute atomic E-state index is 11.3. The summed E-state index contributed by atoms with van der Waals surface area (Å²) in [7, 11) is 0. The van der Waals surface area contributed by atoms with Gasteiger partial charge in [0.15, 0.2) is 0 Å². The van der Waals surface area contributed by atoms with Gasteiger partial charge in [-0.2, -0.15) is 0 Å². The zero-order chi connectivity index (χ0) is 15.1. The minimum atomic E-state index is -0.264. The van der Waals surface area contributed by atoms with E-state index in [1.165, 1.54) is 5.56 Å². The molecular weight excluding hydrogens is 266 g/mol. The lowest BCUT2D eigenvalue weighted by Gasteiger charge is -2.33. The van der Waals surface area contributed by atoms with Crippen molar-refractivity contribution >= 4 is 5.91 Å². The summed E-state index contributed by atoms with van der Waals surface area (Å²) in [5, 5.41) is 3.35. The van der Waals surface area contributed by atoms with E-state index in [2.05, 4.69) is 22.3 Å². The van der Waals surface area contributed by atoms with E-state index in [1.54, 1.807) is 0 Å². The first-order valence-corrected chi connectivity index (χ1v) is 7.64. The Bertz CT molecular complexity index is 441. The molecule has 1 amide bonds. The van der Waals surface area contributed by atoms with E-state index >= 15 is 0 Å². The fraction of sp³-hybridized carbons (Fsp3) is 0.562. The molecule has 0 aromatic heterocycles. The van der Waals surface area contributed by atoms with E-state index in [9.17, 15) is 4.79 Å². The highest BCUT2D eigenvalue weighted by Gasteiger charge is 2.22.